The van der Waals surface area contributed by atoms with Crippen molar-refractivity contribution >= 4 is 11.6 Å². The number of halogens is 1. The van der Waals surface area contributed by atoms with Gasteiger partial charge in [-0.05, 0) is 19.1 Å². The quantitative estimate of drug-likeness (QED) is 0.366. The van der Waals surface area contributed by atoms with Crippen molar-refractivity contribution in [1.29, 1.82) is 0 Å². The molecule has 0 saturated carbocycles. The third-order valence-electron chi connectivity index (χ3n) is 2.41. The number of hydrogen-bond donors (Lipinski definition) is 2. The van der Waals surface area contributed by atoms with Crippen LogP contribution in [0.25, 0.3) is 0 Å². The first kappa shape index (κ1) is 14.4. The molecule has 3 N–H and O–H groups in total. The fourth-order valence-electron chi connectivity index (χ4n) is 1.55. The van der Waals surface area contributed by atoms with Gasteiger partial charge in [-0.3, -0.25) is 5.43 Å². The van der Waals surface area contributed by atoms with Crippen LogP contribution in [0.3, 0.4) is 0 Å². The van der Waals surface area contributed by atoms with Gasteiger partial charge in [-0.15, -0.1) is 0 Å². The summed E-state index contributed by atoms with van der Waals surface area (Å²) in [5, 5.41) is 0. The molecular weight excluding hydrogens is 235 g/mol. The average molecular weight is 254 g/mol. The van der Waals surface area contributed by atoms with Crippen molar-refractivity contribution in [3.05, 3.63) is 30.1 Å². The van der Waals surface area contributed by atoms with Crippen LogP contribution in [-0.4, -0.2) is 32.8 Å². The molecule has 5 nitrogen and oxygen atoms in total. The van der Waals surface area contributed by atoms with Crippen LogP contribution < -0.4 is 16.2 Å². The third kappa shape index (κ3) is 3.68. The summed E-state index contributed by atoms with van der Waals surface area (Å²) in [4.78, 5) is 5.87. The molecule has 1 rings (SSSR count). The van der Waals surface area contributed by atoms with E-state index in [1.807, 2.05) is 6.92 Å². The second-order valence-electron chi connectivity index (χ2n) is 3.91. The smallest absolute Gasteiger partial charge is 0.213 e. The van der Waals surface area contributed by atoms with E-state index < -0.39 is 0 Å². The van der Waals surface area contributed by atoms with Crippen LogP contribution in [-0.2, 0) is 4.74 Å². The maximum atomic E-state index is 13.6. The van der Waals surface area contributed by atoms with Crippen LogP contribution in [0, 0.1) is 5.82 Å². The van der Waals surface area contributed by atoms with Crippen LogP contribution in [0.2, 0.25) is 0 Å². The number of methoxy groups -OCH3 is 1. The van der Waals surface area contributed by atoms with E-state index in [1.54, 1.807) is 37.3 Å². The number of nitrogens with zero attached hydrogens (tertiary/aromatic N) is 2. The number of para-hydroxylation sites is 1. The Morgan fingerprint density at radius 3 is 2.78 bits per heavy atom. The van der Waals surface area contributed by atoms with Crippen molar-refractivity contribution < 1.29 is 9.13 Å². The minimum atomic E-state index is -0.331. The van der Waals surface area contributed by atoms with E-state index in [1.165, 1.54) is 6.07 Å². The number of nitrogens with one attached hydrogen (secondary N) is 1. The normalized spacial score (nSPS) is 13.3. The molecule has 1 aromatic rings. The predicted molar refractivity (Wildman–Crippen MR) is 70.9 cm³/mol. The molecule has 100 valence electrons. The van der Waals surface area contributed by atoms with Gasteiger partial charge >= 0.3 is 0 Å². The Morgan fingerprint density at radius 2 is 2.22 bits per heavy atom. The second-order valence-corrected chi connectivity index (χ2v) is 3.91. The average Bonchev–Trinajstić information content (AvgIpc) is 2.36. The highest BCUT2D eigenvalue weighted by molar-refractivity contribution is 5.95. The lowest BCUT2D eigenvalue weighted by molar-refractivity contribution is 0.185. The highest BCUT2D eigenvalue weighted by Gasteiger charge is 2.12. The Labute approximate surface area is 106 Å². The summed E-state index contributed by atoms with van der Waals surface area (Å²) >= 11 is 0. The number of hydrogen-bond acceptors (Lipinski definition) is 3. The summed E-state index contributed by atoms with van der Waals surface area (Å²) in [5.74, 6) is 5.47. The minimum absolute atomic E-state index is 0.0738. The van der Waals surface area contributed by atoms with E-state index in [2.05, 4.69) is 10.4 Å². The van der Waals surface area contributed by atoms with Gasteiger partial charge in [0.15, 0.2) is 0 Å². The van der Waals surface area contributed by atoms with E-state index in [-0.39, 0.29) is 11.9 Å². The number of rotatable bonds is 4. The van der Waals surface area contributed by atoms with E-state index in [4.69, 9.17) is 10.6 Å². The molecule has 0 aliphatic rings. The fourth-order valence-corrected chi connectivity index (χ4v) is 1.55. The van der Waals surface area contributed by atoms with E-state index in [9.17, 15) is 4.39 Å². The molecule has 1 unspecified atom stereocenters. The molecule has 0 aliphatic heterocycles. The summed E-state index contributed by atoms with van der Waals surface area (Å²) in [6.45, 7) is 2.35. The van der Waals surface area contributed by atoms with Gasteiger partial charge < -0.3 is 9.64 Å². The molecule has 0 heterocycles. The molecule has 0 fully saturated rings. The maximum Gasteiger partial charge on any atom is 0.213 e. The van der Waals surface area contributed by atoms with Gasteiger partial charge in [-0.1, -0.05) is 12.1 Å². The van der Waals surface area contributed by atoms with E-state index in [0.717, 1.165) is 0 Å². The lowest BCUT2D eigenvalue weighted by atomic mass is 10.3. The molecule has 0 spiro atoms. The van der Waals surface area contributed by atoms with Gasteiger partial charge in [0.2, 0.25) is 5.96 Å². The van der Waals surface area contributed by atoms with Crippen LogP contribution in [0.15, 0.2) is 29.3 Å². The largest absolute Gasteiger partial charge is 0.382 e. The molecule has 0 radical (unpaired) electrons. The first-order valence-corrected chi connectivity index (χ1v) is 5.61. The summed E-state index contributed by atoms with van der Waals surface area (Å²) < 4.78 is 18.6. The molecule has 0 aliphatic carbocycles. The van der Waals surface area contributed by atoms with Gasteiger partial charge in [0.25, 0.3) is 0 Å². The number of aliphatic imine (C=N–C) groups is 1. The molecule has 6 heteroatoms. The van der Waals surface area contributed by atoms with Gasteiger partial charge in [0, 0.05) is 14.2 Å². The van der Waals surface area contributed by atoms with Crippen LogP contribution in [0.1, 0.15) is 6.92 Å². The highest BCUT2D eigenvalue weighted by atomic mass is 19.1. The number of benzene rings is 1. The molecular formula is C12H19FN4O. The summed E-state index contributed by atoms with van der Waals surface area (Å²) in [6.07, 6.45) is 0. The van der Waals surface area contributed by atoms with Crippen molar-refractivity contribution in [2.45, 2.75) is 13.0 Å². The summed E-state index contributed by atoms with van der Waals surface area (Å²) in [7, 11) is 3.29. The summed E-state index contributed by atoms with van der Waals surface area (Å²) in [6, 6.07) is 6.35. The molecule has 1 aromatic carbocycles. The molecule has 0 bridgehead atoms. The highest BCUT2D eigenvalue weighted by Crippen LogP contribution is 2.17. The topological polar surface area (TPSA) is 62.9 Å². The second kappa shape index (κ2) is 6.93. The summed E-state index contributed by atoms with van der Waals surface area (Å²) in [5.41, 5.74) is 2.87. The van der Waals surface area contributed by atoms with Crippen LogP contribution >= 0.6 is 0 Å². The van der Waals surface area contributed by atoms with Crippen molar-refractivity contribution in [2.24, 2.45) is 10.8 Å². The van der Waals surface area contributed by atoms with Crippen LogP contribution in [0.4, 0.5) is 10.1 Å². The Hall–Kier alpha value is -1.66. The van der Waals surface area contributed by atoms with E-state index >= 15 is 0 Å². The lowest BCUT2D eigenvalue weighted by Crippen LogP contribution is -2.44. The zero-order chi connectivity index (χ0) is 13.5. The standard InChI is InChI=1S/C12H19FN4O/c1-9(8-18-3)15-12(16-14)17(2)11-7-5-4-6-10(11)13/h4-7,9H,8,14H2,1-3H3,(H,15,16). The Kier molecular flexibility index (Phi) is 5.54. The maximum absolute atomic E-state index is 13.6. The zero-order valence-corrected chi connectivity index (χ0v) is 10.9. The van der Waals surface area contributed by atoms with Gasteiger partial charge in [-0.25, -0.2) is 15.2 Å². The first-order chi connectivity index (χ1) is 8.60. The molecule has 0 saturated heterocycles. The van der Waals surface area contributed by atoms with Crippen molar-refractivity contribution in [3.8, 4) is 0 Å². The van der Waals surface area contributed by atoms with Gasteiger partial charge in [0.1, 0.15) is 5.82 Å². The number of hydrazine groups is 1. The Morgan fingerprint density at radius 1 is 1.56 bits per heavy atom. The zero-order valence-electron chi connectivity index (χ0n) is 10.9. The van der Waals surface area contributed by atoms with Crippen LogP contribution in [0.5, 0.6) is 0 Å². The number of guanidine groups is 1. The minimum Gasteiger partial charge on any atom is -0.382 e. The number of anilines is 1. The molecule has 18 heavy (non-hydrogen) atoms. The molecule has 0 amide bonds. The number of nitrogens with two attached hydrogens (primary N) is 1. The monoisotopic (exact) mass is 254 g/mol. The van der Waals surface area contributed by atoms with Gasteiger partial charge in [0.05, 0.1) is 18.3 Å². The number of ether oxygens (including phenoxy) is 1. The third-order valence-corrected chi connectivity index (χ3v) is 2.41. The Balaban J connectivity index is 2.92. The lowest BCUT2D eigenvalue weighted by Gasteiger charge is -2.22. The molecule has 0 aromatic heterocycles. The molecule has 1 atom stereocenters. The fraction of sp³-hybridized carbons (Fsp3) is 0.417. The van der Waals surface area contributed by atoms with E-state index in [0.29, 0.717) is 18.3 Å². The predicted octanol–water partition coefficient (Wildman–Crippen LogP) is 1.12. The van der Waals surface area contributed by atoms with Crippen molar-refractivity contribution in [1.82, 2.24) is 5.43 Å². The van der Waals surface area contributed by atoms with Gasteiger partial charge in [-0.2, -0.15) is 0 Å². The Bertz CT molecular complexity index is 411. The first-order valence-electron chi connectivity index (χ1n) is 5.61. The van der Waals surface area contributed by atoms with Crippen molar-refractivity contribution in [3.63, 3.8) is 0 Å². The van der Waals surface area contributed by atoms with Crippen molar-refractivity contribution in [2.75, 3.05) is 25.7 Å². The SMILES string of the molecule is COCC(C)N=C(NN)N(C)c1ccccc1F.